The van der Waals surface area contributed by atoms with Gasteiger partial charge in [0.05, 0.1) is 11.6 Å². The first kappa shape index (κ1) is 16.2. The molecule has 0 fully saturated rings. The van der Waals surface area contributed by atoms with Crippen LogP contribution >= 0.6 is 0 Å². The fourth-order valence-corrected chi connectivity index (χ4v) is 3.11. The van der Waals surface area contributed by atoms with Crippen LogP contribution in [-0.4, -0.2) is 28.2 Å². The van der Waals surface area contributed by atoms with Gasteiger partial charge in [-0.3, -0.25) is 4.79 Å². The molecule has 0 saturated carbocycles. The molecule has 1 N–H and O–H groups in total. The van der Waals surface area contributed by atoms with E-state index in [2.05, 4.69) is 6.07 Å². The van der Waals surface area contributed by atoms with Gasteiger partial charge in [0.1, 0.15) is 11.8 Å². The second-order valence-electron chi connectivity index (χ2n) is 6.11. The van der Waals surface area contributed by atoms with Crippen molar-refractivity contribution in [3.05, 3.63) is 64.1 Å². The molecule has 3 rings (SSSR count). The number of benzene rings is 1. The molecule has 0 amide bonds. The number of fused-ring (bicyclic) bond motifs is 1. The van der Waals surface area contributed by atoms with Crippen molar-refractivity contribution >= 4 is 0 Å². The van der Waals surface area contributed by atoms with Crippen molar-refractivity contribution in [2.24, 2.45) is 0 Å². The van der Waals surface area contributed by atoms with Gasteiger partial charge < -0.3 is 19.1 Å². The largest absolute Gasteiger partial charge is 0.459 e. The summed E-state index contributed by atoms with van der Waals surface area (Å²) in [6, 6.07) is 11.0. The van der Waals surface area contributed by atoms with Crippen molar-refractivity contribution in [1.29, 1.82) is 5.26 Å². The number of aromatic nitrogens is 1. The molecule has 0 spiro atoms. The third kappa shape index (κ3) is 2.21. The Bertz CT molecular complexity index is 881. The highest BCUT2D eigenvalue weighted by Gasteiger charge is 2.57. The number of methoxy groups -OCH3 is 1. The fraction of sp³-hybridized carbons (Fsp3) is 0.333. The lowest BCUT2D eigenvalue weighted by atomic mass is 9.80. The topological polar surface area (TPSA) is 84.5 Å². The third-order valence-electron chi connectivity index (χ3n) is 4.71. The maximum absolute atomic E-state index is 12.4. The van der Waals surface area contributed by atoms with E-state index >= 15 is 0 Å². The highest BCUT2D eigenvalue weighted by molar-refractivity contribution is 5.47. The van der Waals surface area contributed by atoms with Crippen LogP contribution in [0, 0.1) is 11.3 Å². The number of nitrogens with zero attached hydrogens (tertiary/aromatic N) is 2. The van der Waals surface area contributed by atoms with E-state index in [0.717, 1.165) is 0 Å². The zero-order chi connectivity index (χ0) is 17.5. The summed E-state index contributed by atoms with van der Waals surface area (Å²) in [5.74, 6) is -0.903. The Balaban J connectivity index is 2.34. The predicted molar refractivity (Wildman–Crippen MR) is 86.7 cm³/mol. The second kappa shape index (κ2) is 5.48. The normalized spacial score (nSPS) is 28.5. The van der Waals surface area contributed by atoms with Crippen LogP contribution in [0.5, 0.6) is 5.75 Å². The SMILES string of the molecule is COC1(C)Oc2ccc(C#N)cc2C(n2ccccc2=O)C1(C)O. The molecule has 2 aromatic rings. The van der Waals surface area contributed by atoms with Gasteiger partial charge in [-0.2, -0.15) is 5.26 Å². The van der Waals surface area contributed by atoms with Crippen molar-refractivity contribution in [2.45, 2.75) is 31.3 Å². The quantitative estimate of drug-likeness (QED) is 0.910. The molecular formula is C18H18N2O4. The summed E-state index contributed by atoms with van der Waals surface area (Å²) >= 11 is 0. The van der Waals surface area contributed by atoms with Crippen LogP contribution in [0.1, 0.15) is 31.0 Å². The van der Waals surface area contributed by atoms with Crippen LogP contribution in [0.3, 0.4) is 0 Å². The van der Waals surface area contributed by atoms with Crippen molar-refractivity contribution < 1.29 is 14.6 Å². The molecule has 0 radical (unpaired) electrons. The Labute approximate surface area is 139 Å². The van der Waals surface area contributed by atoms with E-state index < -0.39 is 17.4 Å². The van der Waals surface area contributed by atoms with Crippen LogP contribution in [0.2, 0.25) is 0 Å². The van der Waals surface area contributed by atoms with E-state index in [4.69, 9.17) is 9.47 Å². The number of hydrogen-bond acceptors (Lipinski definition) is 5. The Kier molecular flexibility index (Phi) is 3.71. The molecular weight excluding hydrogens is 308 g/mol. The van der Waals surface area contributed by atoms with Gasteiger partial charge in [0.15, 0.2) is 5.60 Å². The lowest BCUT2D eigenvalue weighted by Gasteiger charge is -2.50. The van der Waals surface area contributed by atoms with Gasteiger partial charge >= 0.3 is 0 Å². The molecule has 0 bridgehead atoms. The zero-order valence-electron chi connectivity index (χ0n) is 13.7. The molecule has 24 heavy (non-hydrogen) atoms. The average molecular weight is 326 g/mol. The Hall–Kier alpha value is -2.62. The van der Waals surface area contributed by atoms with Gasteiger partial charge in [0.25, 0.3) is 5.56 Å². The molecule has 3 atom stereocenters. The predicted octanol–water partition coefficient (Wildman–Crippen LogP) is 1.82. The van der Waals surface area contributed by atoms with E-state index in [-0.39, 0.29) is 5.56 Å². The van der Waals surface area contributed by atoms with E-state index in [9.17, 15) is 15.2 Å². The van der Waals surface area contributed by atoms with Crippen molar-refractivity contribution in [3.8, 4) is 11.8 Å². The monoisotopic (exact) mass is 326 g/mol. The molecule has 0 saturated heterocycles. The molecule has 2 heterocycles. The average Bonchev–Trinajstić information content (AvgIpc) is 2.57. The standard InChI is InChI=1S/C18H18N2O4/c1-17(22)16(20-9-5-4-6-15(20)21)13-10-12(11-19)7-8-14(13)24-18(17,2)23-3/h4-10,16,22H,1-3H3. The number of rotatable bonds is 2. The first-order chi connectivity index (χ1) is 11.3. The smallest absolute Gasteiger partial charge is 0.251 e. The summed E-state index contributed by atoms with van der Waals surface area (Å²) in [5, 5.41) is 20.4. The van der Waals surface area contributed by atoms with Gasteiger partial charge in [-0.1, -0.05) is 6.07 Å². The van der Waals surface area contributed by atoms with Gasteiger partial charge in [0, 0.05) is 31.9 Å². The Morgan fingerprint density at radius 1 is 1.33 bits per heavy atom. The zero-order valence-corrected chi connectivity index (χ0v) is 13.7. The van der Waals surface area contributed by atoms with Crippen LogP contribution in [0.25, 0.3) is 0 Å². The fourth-order valence-electron chi connectivity index (χ4n) is 3.11. The minimum atomic E-state index is -1.56. The summed E-state index contributed by atoms with van der Waals surface area (Å²) in [6.07, 6.45) is 1.60. The first-order valence-electron chi connectivity index (χ1n) is 7.52. The minimum absolute atomic E-state index is 0.267. The molecule has 1 aromatic heterocycles. The van der Waals surface area contributed by atoms with Gasteiger partial charge in [0.2, 0.25) is 5.79 Å². The number of aliphatic hydroxyl groups is 1. The maximum atomic E-state index is 12.4. The van der Waals surface area contributed by atoms with Crippen LogP contribution in [-0.2, 0) is 4.74 Å². The van der Waals surface area contributed by atoms with E-state index in [0.29, 0.717) is 16.9 Å². The van der Waals surface area contributed by atoms with Crippen molar-refractivity contribution in [3.63, 3.8) is 0 Å². The van der Waals surface area contributed by atoms with Gasteiger partial charge in [-0.05, 0) is 31.2 Å². The summed E-state index contributed by atoms with van der Waals surface area (Å²) in [5.41, 5.74) is -0.852. The number of pyridine rings is 1. The lowest BCUT2D eigenvalue weighted by Crippen LogP contribution is -2.63. The van der Waals surface area contributed by atoms with Crippen LogP contribution in [0.15, 0.2) is 47.4 Å². The number of ether oxygens (including phenoxy) is 2. The van der Waals surface area contributed by atoms with E-state index in [1.54, 1.807) is 50.4 Å². The maximum Gasteiger partial charge on any atom is 0.251 e. The van der Waals surface area contributed by atoms with E-state index in [1.807, 2.05) is 0 Å². The summed E-state index contributed by atoms with van der Waals surface area (Å²) < 4.78 is 12.8. The van der Waals surface area contributed by atoms with Gasteiger partial charge in [-0.15, -0.1) is 0 Å². The minimum Gasteiger partial charge on any atom is -0.459 e. The molecule has 124 valence electrons. The van der Waals surface area contributed by atoms with Crippen molar-refractivity contribution in [1.82, 2.24) is 4.57 Å². The Morgan fingerprint density at radius 3 is 2.71 bits per heavy atom. The molecule has 0 aliphatic carbocycles. The molecule has 1 aliphatic rings. The molecule has 3 unspecified atom stereocenters. The van der Waals surface area contributed by atoms with Gasteiger partial charge in [-0.25, -0.2) is 0 Å². The molecule has 6 nitrogen and oxygen atoms in total. The highest BCUT2D eigenvalue weighted by Crippen LogP contribution is 2.48. The van der Waals surface area contributed by atoms with Crippen LogP contribution in [0.4, 0.5) is 0 Å². The molecule has 1 aromatic carbocycles. The molecule has 6 heteroatoms. The first-order valence-corrected chi connectivity index (χ1v) is 7.52. The molecule has 1 aliphatic heterocycles. The third-order valence-corrected chi connectivity index (χ3v) is 4.71. The number of nitriles is 1. The number of hydrogen-bond donors (Lipinski definition) is 1. The summed E-state index contributed by atoms with van der Waals surface area (Å²) in [6.45, 7) is 3.18. The second-order valence-corrected chi connectivity index (χ2v) is 6.11. The Morgan fingerprint density at radius 2 is 2.08 bits per heavy atom. The highest BCUT2D eigenvalue weighted by atomic mass is 16.7. The van der Waals surface area contributed by atoms with Crippen LogP contribution < -0.4 is 10.3 Å². The summed E-state index contributed by atoms with van der Waals surface area (Å²) in [7, 11) is 1.44. The van der Waals surface area contributed by atoms with Crippen molar-refractivity contribution in [2.75, 3.05) is 7.11 Å². The lowest BCUT2D eigenvalue weighted by molar-refractivity contribution is -0.275. The summed E-state index contributed by atoms with van der Waals surface area (Å²) in [4.78, 5) is 12.4. The van der Waals surface area contributed by atoms with E-state index in [1.165, 1.54) is 17.7 Å².